The zero-order valence-electron chi connectivity index (χ0n) is 10.3. The minimum absolute atomic E-state index is 0.852. The summed E-state index contributed by atoms with van der Waals surface area (Å²) in [6.07, 6.45) is 15.4. The van der Waals surface area contributed by atoms with Crippen molar-refractivity contribution >= 4 is 0 Å². The van der Waals surface area contributed by atoms with Gasteiger partial charge in [-0.2, -0.15) is 0 Å². The predicted molar refractivity (Wildman–Crippen MR) is 68.4 cm³/mol. The quantitative estimate of drug-likeness (QED) is 0.611. The Morgan fingerprint density at radius 1 is 0.875 bits per heavy atom. The smallest absolute Gasteiger partial charge is 0.0934 e. The molecular weight excluding hydrogens is 198 g/mol. The lowest BCUT2D eigenvalue weighted by atomic mass is 10.1. The van der Waals surface area contributed by atoms with Crippen molar-refractivity contribution < 1.29 is 4.42 Å². The molecule has 0 aliphatic rings. The third-order valence-corrected chi connectivity index (χ3v) is 3.00. The Morgan fingerprint density at radius 3 is 2.06 bits per heavy atom. The van der Waals surface area contributed by atoms with Crippen molar-refractivity contribution in [1.82, 2.24) is 0 Å². The molecule has 1 heterocycles. The first-order valence-corrected chi connectivity index (χ1v) is 6.64. The summed E-state index contributed by atoms with van der Waals surface area (Å²) >= 11 is 0. The molecule has 16 heavy (non-hydrogen) atoms. The van der Waals surface area contributed by atoms with Crippen LogP contribution < -0.4 is 5.73 Å². The molecule has 2 N–H and O–H groups in total. The summed E-state index contributed by atoms with van der Waals surface area (Å²) in [5.74, 6) is 0. The highest BCUT2D eigenvalue weighted by Crippen LogP contribution is 2.11. The summed E-state index contributed by atoms with van der Waals surface area (Å²) in [4.78, 5) is 0. The minimum atomic E-state index is 0.852. The SMILES string of the molecule is NCCCCCCCCCCc1ccoc1. The normalized spacial score (nSPS) is 10.8. The number of furan rings is 1. The lowest BCUT2D eigenvalue weighted by Gasteiger charge is -2.01. The van der Waals surface area contributed by atoms with Crippen molar-refractivity contribution in [1.29, 1.82) is 0 Å². The molecule has 0 amide bonds. The van der Waals surface area contributed by atoms with Gasteiger partial charge in [-0.25, -0.2) is 0 Å². The molecule has 0 unspecified atom stereocenters. The molecule has 1 aromatic rings. The highest BCUT2D eigenvalue weighted by molar-refractivity contribution is 5.04. The van der Waals surface area contributed by atoms with Gasteiger partial charge < -0.3 is 10.2 Å². The first kappa shape index (κ1) is 13.3. The number of nitrogens with two attached hydrogens (primary N) is 1. The molecule has 0 radical (unpaired) electrons. The van der Waals surface area contributed by atoms with Gasteiger partial charge in [-0.15, -0.1) is 0 Å². The zero-order chi connectivity index (χ0) is 11.5. The lowest BCUT2D eigenvalue weighted by Crippen LogP contribution is -1.97. The Hall–Kier alpha value is -0.760. The maximum absolute atomic E-state index is 5.45. The van der Waals surface area contributed by atoms with Crippen LogP contribution in [0.15, 0.2) is 23.0 Å². The van der Waals surface area contributed by atoms with Gasteiger partial charge in [0.25, 0.3) is 0 Å². The molecule has 2 nitrogen and oxygen atoms in total. The maximum atomic E-state index is 5.45. The third kappa shape index (κ3) is 6.67. The van der Waals surface area contributed by atoms with Gasteiger partial charge in [-0.1, -0.05) is 38.5 Å². The van der Waals surface area contributed by atoms with Crippen LogP contribution in [0.5, 0.6) is 0 Å². The summed E-state index contributed by atoms with van der Waals surface area (Å²) in [5.41, 5.74) is 6.78. The van der Waals surface area contributed by atoms with E-state index in [2.05, 4.69) is 6.07 Å². The summed E-state index contributed by atoms with van der Waals surface area (Å²) in [6.45, 7) is 0.852. The van der Waals surface area contributed by atoms with Crippen LogP contribution in [0, 0.1) is 0 Å². The van der Waals surface area contributed by atoms with Crippen molar-refractivity contribution in [2.24, 2.45) is 5.73 Å². The van der Waals surface area contributed by atoms with E-state index in [9.17, 15) is 0 Å². The van der Waals surface area contributed by atoms with Crippen LogP contribution in [0.25, 0.3) is 0 Å². The number of hydrogen-bond donors (Lipinski definition) is 1. The Balaban J connectivity index is 1.78. The molecular formula is C14H25NO. The maximum Gasteiger partial charge on any atom is 0.0934 e. The Morgan fingerprint density at radius 2 is 1.50 bits per heavy atom. The van der Waals surface area contributed by atoms with Gasteiger partial charge in [0.2, 0.25) is 0 Å². The van der Waals surface area contributed by atoms with Crippen LogP contribution in [0.1, 0.15) is 56.9 Å². The minimum Gasteiger partial charge on any atom is -0.472 e. The lowest BCUT2D eigenvalue weighted by molar-refractivity contribution is 0.556. The fourth-order valence-corrected chi connectivity index (χ4v) is 1.97. The van der Waals surface area contributed by atoms with E-state index in [0.717, 1.165) is 6.54 Å². The summed E-state index contributed by atoms with van der Waals surface area (Å²) in [6, 6.07) is 2.06. The number of hydrogen-bond acceptors (Lipinski definition) is 2. The molecule has 92 valence electrons. The molecule has 0 bridgehead atoms. The summed E-state index contributed by atoms with van der Waals surface area (Å²) in [5, 5.41) is 0. The average Bonchev–Trinajstić information content (AvgIpc) is 2.80. The highest BCUT2D eigenvalue weighted by atomic mass is 16.3. The standard InChI is InChI=1S/C14H25NO/c15-11-8-6-4-2-1-3-5-7-9-14-10-12-16-13-14/h10,12-13H,1-9,11,15H2. The summed E-state index contributed by atoms with van der Waals surface area (Å²) < 4.78 is 5.04. The molecule has 0 fully saturated rings. The summed E-state index contributed by atoms with van der Waals surface area (Å²) in [7, 11) is 0. The van der Waals surface area contributed by atoms with Crippen LogP contribution in [-0.2, 0) is 6.42 Å². The number of rotatable bonds is 10. The van der Waals surface area contributed by atoms with E-state index in [0.29, 0.717) is 0 Å². The van der Waals surface area contributed by atoms with Gasteiger partial charge in [0.05, 0.1) is 12.5 Å². The molecule has 0 aliphatic carbocycles. The first-order chi connectivity index (χ1) is 7.93. The van der Waals surface area contributed by atoms with Crippen molar-refractivity contribution in [3.63, 3.8) is 0 Å². The van der Waals surface area contributed by atoms with Crippen LogP contribution >= 0.6 is 0 Å². The fraction of sp³-hybridized carbons (Fsp3) is 0.714. The van der Waals surface area contributed by atoms with Crippen molar-refractivity contribution in [2.75, 3.05) is 6.54 Å². The van der Waals surface area contributed by atoms with E-state index in [4.69, 9.17) is 10.2 Å². The van der Waals surface area contributed by atoms with E-state index in [-0.39, 0.29) is 0 Å². The largest absolute Gasteiger partial charge is 0.472 e. The molecule has 1 rings (SSSR count). The Labute approximate surface area is 99.2 Å². The molecule has 1 aromatic heterocycles. The molecule has 0 saturated heterocycles. The Kier molecular flexibility index (Phi) is 7.87. The van der Waals surface area contributed by atoms with Gasteiger partial charge in [0.1, 0.15) is 0 Å². The van der Waals surface area contributed by atoms with Crippen LogP contribution in [-0.4, -0.2) is 6.54 Å². The zero-order valence-corrected chi connectivity index (χ0v) is 10.3. The first-order valence-electron chi connectivity index (χ1n) is 6.64. The van der Waals surface area contributed by atoms with E-state index in [1.807, 2.05) is 6.26 Å². The highest BCUT2D eigenvalue weighted by Gasteiger charge is 1.95. The predicted octanol–water partition coefficient (Wildman–Crippen LogP) is 3.90. The molecule has 0 aliphatic heterocycles. The van der Waals surface area contributed by atoms with Crippen molar-refractivity contribution in [2.45, 2.75) is 57.8 Å². The van der Waals surface area contributed by atoms with E-state index < -0.39 is 0 Å². The van der Waals surface area contributed by atoms with Crippen molar-refractivity contribution in [3.05, 3.63) is 24.2 Å². The number of aryl methyl sites for hydroxylation is 1. The average molecular weight is 223 g/mol. The Bertz CT molecular complexity index is 231. The van der Waals surface area contributed by atoms with Crippen LogP contribution in [0.3, 0.4) is 0 Å². The van der Waals surface area contributed by atoms with E-state index >= 15 is 0 Å². The van der Waals surface area contributed by atoms with Gasteiger partial charge in [-0.05, 0) is 37.4 Å². The second kappa shape index (κ2) is 9.46. The van der Waals surface area contributed by atoms with Gasteiger partial charge >= 0.3 is 0 Å². The van der Waals surface area contributed by atoms with Gasteiger partial charge in [-0.3, -0.25) is 0 Å². The van der Waals surface area contributed by atoms with E-state index in [1.54, 1.807) is 6.26 Å². The molecule has 0 aromatic carbocycles. The fourth-order valence-electron chi connectivity index (χ4n) is 1.97. The van der Waals surface area contributed by atoms with Crippen molar-refractivity contribution in [3.8, 4) is 0 Å². The molecule has 0 spiro atoms. The van der Waals surface area contributed by atoms with Gasteiger partial charge in [0.15, 0.2) is 0 Å². The second-order valence-corrected chi connectivity index (χ2v) is 4.50. The topological polar surface area (TPSA) is 39.2 Å². The molecule has 2 heteroatoms. The molecule has 0 atom stereocenters. The van der Waals surface area contributed by atoms with E-state index in [1.165, 1.54) is 63.4 Å². The monoisotopic (exact) mass is 223 g/mol. The second-order valence-electron chi connectivity index (χ2n) is 4.50. The molecule has 0 saturated carbocycles. The van der Waals surface area contributed by atoms with Gasteiger partial charge in [0, 0.05) is 0 Å². The third-order valence-electron chi connectivity index (χ3n) is 3.00. The van der Waals surface area contributed by atoms with Crippen LogP contribution in [0.2, 0.25) is 0 Å². The number of unbranched alkanes of at least 4 members (excludes halogenated alkanes) is 7. The van der Waals surface area contributed by atoms with Crippen LogP contribution in [0.4, 0.5) is 0 Å².